The normalized spacial score (nSPS) is 15.5. The summed E-state index contributed by atoms with van der Waals surface area (Å²) in [6.45, 7) is 1.65. The van der Waals surface area contributed by atoms with Gasteiger partial charge in [0.25, 0.3) is 11.8 Å². The molecule has 1 aliphatic heterocycles. The molecule has 1 aromatic heterocycles. The van der Waals surface area contributed by atoms with Gasteiger partial charge in [0.15, 0.2) is 6.10 Å². The number of hydrogen-bond donors (Lipinski definition) is 2. The molecule has 2 heterocycles. The average molecular weight is 367 g/mol. The maximum atomic E-state index is 13.3. The molecule has 1 unspecified atom stereocenters. The van der Waals surface area contributed by atoms with Crippen molar-refractivity contribution in [2.75, 3.05) is 10.6 Å². The maximum Gasteiger partial charge on any atom is 0.294 e. The predicted molar refractivity (Wildman–Crippen MR) is 95.0 cm³/mol. The second-order valence-electron chi connectivity index (χ2n) is 6.00. The van der Waals surface area contributed by atoms with Crippen LogP contribution in [0.5, 0.6) is 5.75 Å². The van der Waals surface area contributed by atoms with Gasteiger partial charge in [-0.3, -0.25) is 9.59 Å². The molecule has 0 aliphatic carbocycles. The van der Waals surface area contributed by atoms with Crippen LogP contribution < -0.4 is 15.4 Å². The molecule has 0 fully saturated rings. The van der Waals surface area contributed by atoms with Gasteiger partial charge in [-0.2, -0.15) is 0 Å². The van der Waals surface area contributed by atoms with Crippen molar-refractivity contribution in [3.8, 4) is 17.0 Å². The molecule has 2 amide bonds. The van der Waals surface area contributed by atoms with Gasteiger partial charge < -0.3 is 19.9 Å². The van der Waals surface area contributed by atoms with Gasteiger partial charge in [0.1, 0.15) is 17.3 Å². The molecule has 1 atom stereocenters. The highest BCUT2D eigenvalue weighted by atomic mass is 19.1. The van der Waals surface area contributed by atoms with Gasteiger partial charge in [-0.15, -0.1) is 0 Å². The van der Waals surface area contributed by atoms with Crippen molar-refractivity contribution in [1.29, 1.82) is 0 Å². The Kier molecular flexibility index (Phi) is 4.08. The number of nitrogens with zero attached hydrogens (tertiary/aromatic N) is 1. The molecule has 2 N–H and O–H groups in total. The third kappa shape index (κ3) is 3.37. The number of carbonyl (C=O) groups is 2. The number of rotatable bonds is 3. The Morgan fingerprint density at radius 3 is 2.89 bits per heavy atom. The molecule has 0 bridgehead atoms. The van der Waals surface area contributed by atoms with E-state index in [0.717, 1.165) is 0 Å². The van der Waals surface area contributed by atoms with Crippen LogP contribution in [0, 0.1) is 5.82 Å². The van der Waals surface area contributed by atoms with Crippen LogP contribution in [0.1, 0.15) is 17.5 Å². The zero-order valence-electron chi connectivity index (χ0n) is 14.2. The van der Waals surface area contributed by atoms with Crippen molar-refractivity contribution in [2.24, 2.45) is 0 Å². The average Bonchev–Trinajstić information content (AvgIpc) is 3.13. The summed E-state index contributed by atoms with van der Waals surface area (Å²) in [5, 5.41) is 9.16. The second-order valence-corrected chi connectivity index (χ2v) is 6.00. The third-order valence-corrected chi connectivity index (χ3v) is 4.02. The number of aromatic nitrogens is 1. The lowest BCUT2D eigenvalue weighted by atomic mass is 10.1. The molecule has 3 aromatic rings. The van der Waals surface area contributed by atoms with E-state index in [9.17, 15) is 14.0 Å². The molecule has 0 spiro atoms. The van der Waals surface area contributed by atoms with Gasteiger partial charge in [-0.25, -0.2) is 4.39 Å². The lowest BCUT2D eigenvalue weighted by molar-refractivity contribution is -0.122. The van der Waals surface area contributed by atoms with Gasteiger partial charge in [-0.1, -0.05) is 17.3 Å². The SMILES string of the molecule is CC1Oc2ccc(NC(=O)c3cc(-c4cccc(F)c4)no3)cc2NC1=O. The summed E-state index contributed by atoms with van der Waals surface area (Å²) in [6, 6.07) is 12.1. The van der Waals surface area contributed by atoms with E-state index in [1.165, 1.54) is 18.2 Å². The molecule has 4 rings (SSSR count). The summed E-state index contributed by atoms with van der Waals surface area (Å²) in [7, 11) is 0. The topological polar surface area (TPSA) is 93.5 Å². The summed E-state index contributed by atoms with van der Waals surface area (Å²) in [4.78, 5) is 24.1. The van der Waals surface area contributed by atoms with E-state index in [1.807, 2.05) is 0 Å². The molecule has 8 heteroatoms. The van der Waals surface area contributed by atoms with E-state index in [1.54, 1.807) is 37.3 Å². The minimum absolute atomic E-state index is 0.0270. The highest BCUT2D eigenvalue weighted by molar-refractivity contribution is 6.04. The van der Waals surface area contributed by atoms with E-state index >= 15 is 0 Å². The fourth-order valence-corrected chi connectivity index (χ4v) is 2.65. The lowest BCUT2D eigenvalue weighted by Crippen LogP contribution is -2.34. The number of amides is 2. The lowest BCUT2D eigenvalue weighted by Gasteiger charge is -2.23. The van der Waals surface area contributed by atoms with Crippen LogP contribution in [0.25, 0.3) is 11.3 Å². The highest BCUT2D eigenvalue weighted by Gasteiger charge is 2.24. The van der Waals surface area contributed by atoms with E-state index in [2.05, 4.69) is 15.8 Å². The zero-order chi connectivity index (χ0) is 19.0. The third-order valence-electron chi connectivity index (χ3n) is 4.02. The number of ether oxygens (including phenoxy) is 1. The van der Waals surface area contributed by atoms with Gasteiger partial charge in [0, 0.05) is 17.3 Å². The summed E-state index contributed by atoms with van der Waals surface area (Å²) in [5.41, 5.74) is 1.76. The Labute approximate surface area is 153 Å². The molecule has 7 nitrogen and oxygen atoms in total. The molecule has 27 heavy (non-hydrogen) atoms. The summed E-state index contributed by atoms with van der Waals surface area (Å²) in [5.74, 6) is -0.703. The fourth-order valence-electron chi connectivity index (χ4n) is 2.65. The Morgan fingerprint density at radius 1 is 1.22 bits per heavy atom. The Balaban J connectivity index is 1.52. The van der Waals surface area contributed by atoms with Gasteiger partial charge in [-0.05, 0) is 37.3 Å². The molecule has 0 saturated carbocycles. The van der Waals surface area contributed by atoms with Gasteiger partial charge >= 0.3 is 0 Å². The van der Waals surface area contributed by atoms with E-state index in [4.69, 9.17) is 9.26 Å². The van der Waals surface area contributed by atoms with Crippen molar-refractivity contribution >= 4 is 23.2 Å². The number of benzene rings is 2. The van der Waals surface area contributed by atoms with Crippen LogP contribution in [0.4, 0.5) is 15.8 Å². The standard InChI is InChI=1S/C19H14FN3O4/c1-10-18(24)22-15-8-13(5-6-16(15)26-10)21-19(25)17-9-14(23-27-17)11-3-2-4-12(20)7-11/h2-10H,1H3,(H,21,25)(H,22,24). The van der Waals surface area contributed by atoms with Gasteiger partial charge in [0.05, 0.1) is 5.69 Å². The van der Waals surface area contributed by atoms with Crippen LogP contribution >= 0.6 is 0 Å². The van der Waals surface area contributed by atoms with Crippen LogP contribution in [0.2, 0.25) is 0 Å². The second kappa shape index (κ2) is 6.56. The fraction of sp³-hybridized carbons (Fsp3) is 0.105. The molecule has 0 radical (unpaired) electrons. The summed E-state index contributed by atoms with van der Waals surface area (Å²) < 4.78 is 23.8. The van der Waals surface area contributed by atoms with Crippen LogP contribution in [0.15, 0.2) is 53.1 Å². The predicted octanol–water partition coefficient (Wildman–Crippen LogP) is 3.45. The van der Waals surface area contributed by atoms with Crippen molar-refractivity contribution in [1.82, 2.24) is 5.16 Å². The Morgan fingerprint density at radius 2 is 2.07 bits per heavy atom. The number of anilines is 2. The number of fused-ring (bicyclic) bond motifs is 1. The number of nitrogens with one attached hydrogen (secondary N) is 2. The summed E-state index contributed by atoms with van der Waals surface area (Å²) in [6.07, 6.45) is -0.576. The molecular formula is C19H14FN3O4. The molecule has 1 aliphatic rings. The van der Waals surface area contributed by atoms with Crippen molar-refractivity contribution < 1.29 is 23.2 Å². The quantitative estimate of drug-likeness (QED) is 0.740. The van der Waals surface area contributed by atoms with Crippen LogP contribution in [0.3, 0.4) is 0 Å². The molecular weight excluding hydrogens is 353 g/mol. The molecule has 136 valence electrons. The van der Waals surface area contributed by atoms with E-state index < -0.39 is 17.8 Å². The molecule has 2 aromatic carbocycles. The van der Waals surface area contributed by atoms with Crippen LogP contribution in [-0.2, 0) is 4.79 Å². The smallest absolute Gasteiger partial charge is 0.294 e. The van der Waals surface area contributed by atoms with E-state index in [-0.39, 0.29) is 11.7 Å². The van der Waals surface area contributed by atoms with E-state index in [0.29, 0.717) is 28.4 Å². The first kappa shape index (κ1) is 16.8. The first-order chi connectivity index (χ1) is 13.0. The van der Waals surface area contributed by atoms with Crippen LogP contribution in [-0.4, -0.2) is 23.1 Å². The van der Waals surface area contributed by atoms with Gasteiger partial charge in [0.2, 0.25) is 5.76 Å². The number of hydrogen-bond acceptors (Lipinski definition) is 5. The first-order valence-corrected chi connectivity index (χ1v) is 8.15. The monoisotopic (exact) mass is 367 g/mol. The van der Waals surface area contributed by atoms with Crippen molar-refractivity contribution in [3.63, 3.8) is 0 Å². The first-order valence-electron chi connectivity index (χ1n) is 8.15. The summed E-state index contributed by atoms with van der Waals surface area (Å²) >= 11 is 0. The number of carbonyl (C=O) groups excluding carboxylic acids is 2. The van der Waals surface area contributed by atoms with Crippen molar-refractivity contribution in [3.05, 3.63) is 60.1 Å². The molecule has 0 saturated heterocycles. The number of halogens is 1. The highest BCUT2D eigenvalue weighted by Crippen LogP contribution is 2.32. The minimum atomic E-state index is -0.576. The van der Waals surface area contributed by atoms with Crippen molar-refractivity contribution in [2.45, 2.75) is 13.0 Å². The Hall–Kier alpha value is -3.68. The zero-order valence-corrected chi connectivity index (χ0v) is 14.2. The Bertz CT molecular complexity index is 1050. The minimum Gasteiger partial charge on any atom is -0.479 e. The largest absolute Gasteiger partial charge is 0.479 e. The maximum absolute atomic E-state index is 13.3.